The van der Waals surface area contributed by atoms with E-state index in [0.29, 0.717) is 18.5 Å². The molecule has 1 aliphatic heterocycles. The van der Waals surface area contributed by atoms with E-state index in [4.69, 9.17) is 30.5 Å². The largest absolute Gasteiger partial charge is 0.507 e. The fraction of sp³-hybridized carbons (Fsp3) is 0.324. The van der Waals surface area contributed by atoms with Crippen molar-refractivity contribution in [1.82, 2.24) is 10.3 Å². The average molecular weight is 705 g/mol. The molecule has 2 heterocycles. The number of aromatic nitrogens is 1. The Bertz CT molecular complexity index is 1990. The van der Waals surface area contributed by atoms with Crippen molar-refractivity contribution in [3.8, 4) is 23.0 Å². The number of H-pyrrole nitrogens is 1. The number of hydrogen-bond acceptors (Lipinski definition) is 9. The molecular weight excluding hydrogens is 668 g/mol. The molecule has 0 fully saturated rings. The highest BCUT2D eigenvalue weighted by atomic mass is 35.5. The summed E-state index contributed by atoms with van der Waals surface area (Å²) in [6.45, 7) is 2.00. The normalized spacial score (nSPS) is 19.2. The molecule has 1 spiro atoms. The van der Waals surface area contributed by atoms with Gasteiger partial charge in [-0.05, 0) is 54.1 Å². The fourth-order valence-corrected chi connectivity index (χ4v) is 7.52. The van der Waals surface area contributed by atoms with Gasteiger partial charge in [0.15, 0.2) is 17.3 Å². The molecule has 3 aromatic carbocycles. The monoisotopic (exact) mass is 704 g/mol. The van der Waals surface area contributed by atoms with Gasteiger partial charge in [0, 0.05) is 64.9 Å². The zero-order chi connectivity index (χ0) is 35.0. The quantitative estimate of drug-likeness (QED) is 0.143. The molecule has 3 unspecified atom stereocenters. The minimum Gasteiger partial charge on any atom is -0.507 e. The first kappa shape index (κ1) is 34.3. The summed E-state index contributed by atoms with van der Waals surface area (Å²) in [5.74, 6) is -2.35. The van der Waals surface area contributed by atoms with Crippen molar-refractivity contribution in [3.63, 3.8) is 0 Å². The van der Waals surface area contributed by atoms with E-state index in [-0.39, 0.29) is 57.9 Å². The van der Waals surface area contributed by atoms with E-state index < -0.39 is 29.0 Å². The summed E-state index contributed by atoms with van der Waals surface area (Å²) in [4.78, 5) is 46.1. The van der Waals surface area contributed by atoms with Crippen LogP contribution < -0.4 is 24.3 Å². The molecule has 10 nitrogen and oxygen atoms in total. The summed E-state index contributed by atoms with van der Waals surface area (Å²) in [7, 11) is 4.44. The number of aromatic amines is 1. The molecule has 0 bridgehead atoms. The summed E-state index contributed by atoms with van der Waals surface area (Å²) >= 11 is 8.17. The van der Waals surface area contributed by atoms with Gasteiger partial charge in [-0.3, -0.25) is 14.4 Å². The van der Waals surface area contributed by atoms with Crippen LogP contribution in [0.1, 0.15) is 47.2 Å². The minimum absolute atomic E-state index is 0.00322. The molecule has 0 radical (unpaired) electrons. The Morgan fingerprint density at radius 2 is 1.84 bits per heavy atom. The third-order valence-electron chi connectivity index (χ3n) is 9.46. The zero-order valence-electron chi connectivity index (χ0n) is 27.8. The molecule has 0 saturated carbocycles. The summed E-state index contributed by atoms with van der Waals surface area (Å²) < 4.78 is 22.6. The number of thioether (sulfide) groups is 1. The lowest BCUT2D eigenvalue weighted by Gasteiger charge is -2.38. The van der Waals surface area contributed by atoms with Crippen molar-refractivity contribution in [2.75, 3.05) is 34.1 Å². The number of aliphatic hydroxyl groups excluding tert-OH is 1. The first-order chi connectivity index (χ1) is 23.6. The molecule has 3 N–H and O–H groups in total. The Balaban J connectivity index is 1.35. The second kappa shape index (κ2) is 13.7. The number of fused-ring (bicyclic) bond motifs is 2. The molecule has 3 atom stereocenters. The smallest absolute Gasteiger partial charge is 0.231 e. The van der Waals surface area contributed by atoms with E-state index in [1.165, 1.54) is 20.3 Å². The molecule has 256 valence electrons. The van der Waals surface area contributed by atoms with E-state index in [1.54, 1.807) is 25.8 Å². The highest BCUT2D eigenvalue weighted by Crippen LogP contribution is 2.55. The van der Waals surface area contributed by atoms with Gasteiger partial charge in [-0.2, -0.15) is 0 Å². The predicted octanol–water partition coefficient (Wildman–Crippen LogP) is 6.84. The van der Waals surface area contributed by atoms with Gasteiger partial charge in [-0.15, -0.1) is 11.8 Å². The SMILES string of the molecule is COc1ccc2[nH]cc(CCNC(=O)CC(C3=C(O)C4(Oc5c(Cl)c(OC)cc(OC)c5C4=O)C(C)CC3=O)c3ccc(SC)cc3)c2c1. The maximum atomic E-state index is 14.3. The van der Waals surface area contributed by atoms with Crippen LogP contribution in [0, 0.1) is 5.92 Å². The summed E-state index contributed by atoms with van der Waals surface area (Å²) in [5.41, 5.74) is 0.654. The number of methoxy groups -OCH3 is 3. The van der Waals surface area contributed by atoms with Gasteiger partial charge in [0.05, 0.1) is 21.3 Å². The Kier molecular flexibility index (Phi) is 9.59. The van der Waals surface area contributed by atoms with E-state index in [0.717, 1.165) is 27.1 Å². The van der Waals surface area contributed by atoms with Crippen LogP contribution in [0.5, 0.6) is 23.0 Å². The highest BCUT2D eigenvalue weighted by molar-refractivity contribution is 7.98. The minimum atomic E-state index is -1.96. The molecule has 1 amide bonds. The standard InChI is InChI=1S/C37H37ClN2O8S/c1-19-14-27(41)31(35(43)37(19)36(44)32-28(46-3)17-29(47-4)33(38)34(32)48-37)25(20-6-9-23(49-5)10-7-20)16-30(42)39-13-12-21-18-40-26-11-8-22(45-2)15-24(21)26/h6-11,15,17-19,25,40,43H,12-14,16H2,1-5H3,(H,39,42). The van der Waals surface area contributed by atoms with Crippen molar-refractivity contribution < 1.29 is 38.4 Å². The topological polar surface area (TPSA) is 136 Å². The van der Waals surface area contributed by atoms with Crippen LogP contribution in [0.15, 0.2) is 71.0 Å². The number of amides is 1. The third kappa shape index (κ3) is 5.88. The van der Waals surface area contributed by atoms with Crippen molar-refractivity contribution >= 4 is 51.7 Å². The molecule has 4 aromatic rings. The number of hydrogen-bond donors (Lipinski definition) is 3. The average Bonchev–Trinajstić information content (AvgIpc) is 3.66. The third-order valence-corrected chi connectivity index (χ3v) is 10.6. The Morgan fingerprint density at radius 3 is 2.51 bits per heavy atom. The van der Waals surface area contributed by atoms with Crippen LogP contribution in [0.4, 0.5) is 0 Å². The lowest BCUT2D eigenvalue weighted by Crippen LogP contribution is -2.53. The van der Waals surface area contributed by atoms with Crippen molar-refractivity contribution in [2.24, 2.45) is 5.92 Å². The molecule has 6 rings (SSSR count). The molecular formula is C37H37ClN2O8S. The lowest BCUT2D eigenvalue weighted by atomic mass is 9.69. The van der Waals surface area contributed by atoms with Crippen LogP contribution in [-0.2, 0) is 16.0 Å². The number of Topliss-reactive ketones (excluding diaryl/α,β-unsaturated/α-hetero) is 2. The second-order valence-electron chi connectivity index (χ2n) is 12.1. The van der Waals surface area contributed by atoms with Crippen LogP contribution in [0.3, 0.4) is 0 Å². The molecule has 1 aromatic heterocycles. The summed E-state index contributed by atoms with van der Waals surface area (Å²) in [6, 6.07) is 14.7. The first-order valence-corrected chi connectivity index (χ1v) is 17.4. The van der Waals surface area contributed by atoms with E-state index in [9.17, 15) is 19.5 Å². The number of ketones is 2. The number of rotatable bonds is 11. The lowest BCUT2D eigenvalue weighted by molar-refractivity contribution is -0.121. The number of carbonyl (C=O) groups excluding carboxylic acids is 3. The Hall–Kier alpha value is -4.61. The van der Waals surface area contributed by atoms with Gasteiger partial charge in [0.2, 0.25) is 17.3 Å². The summed E-state index contributed by atoms with van der Waals surface area (Å²) in [6.07, 6.45) is 4.13. The first-order valence-electron chi connectivity index (χ1n) is 15.8. The van der Waals surface area contributed by atoms with Crippen LogP contribution in [0.25, 0.3) is 10.9 Å². The maximum Gasteiger partial charge on any atom is 0.231 e. The summed E-state index contributed by atoms with van der Waals surface area (Å²) in [5, 5.41) is 16.1. The van der Waals surface area contributed by atoms with E-state index in [2.05, 4.69) is 10.3 Å². The second-order valence-corrected chi connectivity index (χ2v) is 13.4. The Morgan fingerprint density at radius 1 is 1.10 bits per heavy atom. The number of aliphatic hydroxyl groups is 1. The predicted molar refractivity (Wildman–Crippen MR) is 188 cm³/mol. The van der Waals surface area contributed by atoms with Gasteiger partial charge in [0.1, 0.15) is 27.8 Å². The van der Waals surface area contributed by atoms with E-state index in [1.807, 2.05) is 54.9 Å². The van der Waals surface area contributed by atoms with Crippen LogP contribution >= 0.6 is 23.4 Å². The van der Waals surface area contributed by atoms with Crippen molar-refractivity contribution in [1.29, 1.82) is 0 Å². The zero-order valence-corrected chi connectivity index (χ0v) is 29.3. The van der Waals surface area contributed by atoms with Gasteiger partial charge >= 0.3 is 0 Å². The number of nitrogens with one attached hydrogen (secondary N) is 2. The van der Waals surface area contributed by atoms with Gasteiger partial charge in [-0.1, -0.05) is 30.7 Å². The van der Waals surface area contributed by atoms with Gasteiger partial charge in [-0.25, -0.2) is 0 Å². The number of halogens is 1. The molecule has 49 heavy (non-hydrogen) atoms. The van der Waals surface area contributed by atoms with Gasteiger partial charge in [0.25, 0.3) is 0 Å². The van der Waals surface area contributed by atoms with E-state index >= 15 is 0 Å². The molecule has 1 aliphatic carbocycles. The number of benzene rings is 3. The van der Waals surface area contributed by atoms with Crippen LogP contribution in [0.2, 0.25) is 5.02 Å². The number of ether oxygens (including phenoxy) is 4. The number of allylic oxidation sites excluding steroid dienone is 1. The van der Waals surface area contributed by atoms with Crippen molar-refractivity contribution in [2.45, 2.75) is 42.6 Å². The molecule has 12 heteroatoms. The molecule has 0 saturated heterocycles. The van der Waals surface area contributed by atoms with Crippen molar-refractivity contribution in [3.05, 3.63) is 87.8 Å². The van der Waals surface area contributed by atoms with Crippen LogP contribution in [-0.4, -0.2) is 67.3 Å². The fourth-order valence-electron chi connectivity index (χ4n) is 6.85. The molecule has 2 aliphatic rings. The van der Waals surface area contributed by atoms with Gasteiger partial charge < -0.3 is 34.4 Å². The highest BCUT2D eigenvalue weighted by Gasteiger charge is 2.61. The Labute approximate surface area is 293 Å². The maximum absolute atomic E-state index is 14.3. The number of carbonyl (C=O) groups is 3.